The van der Waals surface area contributed by atoms with E-state index in [1.165, 1.54) is 29.8 Å². The summed E-state index contributed by atoms with van der Waals surface area (Å²) in [7, 11) is 2.01. The van der Waals surface area contributed by atoms with Gasteiger partial charge >= 0.3 is 0 Å². The summed E-state index contributed by atoms with van der Waals surface area (Å²) in [6, 6.07) is 12.3. The van der Waals surface area contributed by atoms with E-state index in [0.29, 0.717) is 5.57 Å². The van der Waals surface area contributed by atoms with Crippen molar-refractivity contribution in [1.29, 1.82) is 0 Å². The number of fused-ring (bicyclic) bond motifs is 1. The third-order valence-corrected chi connectivity index (χ3v) is 8.05. The molecule has 0 saturated carbocycles. The van der Waals surface area contributed by atoms with Gasteiger partial charge in [-0.2, -0.15) is 0 Å². The van der Waals surface area contributed by atoms with E-state index in [1.807, 2.05) is 31.3 Å². The summed E-state index contributed by atoms with van der Waals surface area (Å²) in [6.45, 7) is 6.43. The molecule has 1 aromatic carbocycles. The lowest BCUT2D eigenvalue weighted by Crippen LogP contribution is -2.36. The lowest BCUT2D eigenvalue weighted by molar-refractivity contribution is -0.313. The first-order valence-corrected chi connectivity index (χ1v) is 11.6. The van der Waals surface area contributed by atoms with E-state index in [-0.39, 0.29) is 17.0 Å². The van der Waals surface area contributed by atoms with Crippen LogP contribution in [-0.4, -0.2) is 25.9 Å². The molecule has 1 unspecified atom stereocenters. The number of hydrogen-bond donors (Lipinski definition) is 0. The van der Waals surface area contributed by atoms with Crippen molar-refractivity contribution in [3.8, 4) is 0 Å². The van der Waals surface area contributed by atoms with Crippen LogP contribution >= 0.6 is 11.3 Å². The Morgan fingerprint density at radius 1 is 1.10 bits per heavy atom. The zero-order valence-corrected chi connectivity index (χ0v) is 18.6. The monoisotopic (exact) mass is 419 g/mol. The second-order valence-electron chi connectivity index (χ2n) is 9.03. The van der Waals surface area contributed by atoms with Crippen LogP contribution in [0.1, 0.15) is 49.5 Å². The van der Waals surface area contributed by atoms with Gasteiger partial charge in [0.15, 0.2) is 5.78 Å². The van der Waals surface area contributed by atoms with Crippen LogP contribution in [0.2, 0.25) is 0 Å². The molecule has 0 radical (unpaired) electrons. The van der Waals surface area contributed by atoms with Crippen molar-refractivity contribution < 1.29 is 9.90 Å². The molecule has 2 aliphatic heterocycles. The van der Waals surface area contributed by atoms with Crippen LogP contribution in [0, 0.1) is 0 Å². The van der Waals surface area contributed by atoms with Gasteiger partial charge in [-0.05, 0) is 49.1 Å². The molecule has 1 saturated heterocycles. The number of thiophene rings is 1. The fraction of sp³-hybridized carbons (Fsp3) is 0.400. The van der Waals surface area contributed by atoms with E-state index in [2.05, 4.69) is 41.8 Å². The lowest BCUT2D eigenvalue weighted by atomic mass is 9.78. The zero-order chi connectivity index (χ0) is 21.0. The van der Waals surface area contributed by atoms with E-state index in [1.54, 1.807) is 11.3 Å². The first-order valence-electron chi connectivity index (χ1n) is 10.7. The zero-order valence-electron chi connectivity index (χ0n) is 17.8. The number of piperidine rings is 1. The summed E-state index contributed by atoms with van der Waals surface area (Å²) in [4.78, 5) is 18.4. The number of likely N-dealkylation sites (N-methyl/N-ethyl adjacent to an activating group) is 1. The minimum atomic E-state index is -0.613. The Balaban J connectivity index is 1.44. The molecule has 3 aliphatic rings. The second kappa shape index (κ2) is 7.02. The van der Waals surface area contributed by atoms with E-state index >= 15 is 0 Å². The highest BCUT2D eigenvalue weighted by Crippen LogP contribution is 2.49. The summed E-state index contributed by atoms with van der Waals surface area (Å²) in [5.74, 6) is -0.697. The van der Waals surface area contributed by atoms with E-state index in [9.17, 15) is 9.90 Å². The molecule has 1 aliphatic carbocycles. The average Bonchev–Trinajstić information content (AvgIpc) is 3.30. The number of nitrogens with zero attached hydrogens (tertiary/aromatic N) is 2. The Bertz CT molecular complexity index is 1070. The number of carbonyl (C=O) groups excluding carboxylic acids is 1. The van der Waals surface area contributed by atoms with Crippen LogP contribution in [0.3, 0.4) is 0 Å². The van der Waals surface area contributed by atoms with Crippen molar-refractivity contribution in [2.75, 3.05) is 29.9 Å². The number of ketones is 1. The van der Waals surface area contributed by atoms with Gasteiger partial charge in [-0.1, -0.05) is 32.0 Å². The Hall–Kier alpha value is -2.53. The van der Waals surface area contributed by atoms with Crippen LogP contribution in [-0.2, 0) is 10.2 Å². The Morgan fingerprint density at radius 3 is 2.53 bits per heavy atom. The molecular formula is C25H27N2O2S-. The Kier molecular flexibility index (Phi) is 4.55. The predicted octanol–water partition coefficient (Wildman–Crippen LogP) is 4.33. The molecular weight excluding hydrogens is 392 g/mol. The normalized spacial score (nSPS) is 24.4. The van der Waals surface area contributed by atoms with Gasteiger partial charge in [0.25, 0.3) is 0 Å². The molecule has 1 fully saturated rings. The number of hydrogen-bond acceptors (Lipinski definition) is 5. The molecule has 4 nitrogen and oxygen atoms in total. The molecule has 0 amide bonds. The summed E-state index contributed by atoms with van der Waals surface area (Å²) in [5, 5.41) is 14.2. The first-order chi connectivity index (χ1) is 14.4. The van der Waals surface area contributed by atoms with Crippen molar-refractivity contribution in [3.05, 3.63) is 69.9 Å². The third-order valence-electron chi connectivity index (χ3n) is 6.84. The molecule has 1 atom stereocenters. The number of para-hydroxylation sites is 1. The highest BCUT2D eigenvalue weighted by Gasteiger charge is 2.41. The summed E-state index contributed by atoms with van der Waals surface area (Å²) < 4.78 is 0. The maximum absolute atomic E-state index is 13.0. The minimum Gasteiger partial charge on any atom is -0.874 e. The fourth-order valence-electron chi connectivity index (χ4n) is 5.05. The molecule has 0 N–H and O–H groups in total. The first kappa shape index (κ1) is 19.4. The second-order valence-corrected chi connectivity index (χ2v) is 10.1. The van der Waals surface area contributed by atoms with Gasteiger partial charge in [-0.25, -0.2) is 0 Å². The number of carbonyl (C=O) groups is 1. The van der Waals surface area contributed by atoms with Gasteiger partial charge in [0.1, 0.15) is 0 Å². The standard InChI is InChI=1S/C25H28N2O2S/c1-25(2)17-9-5-6-10-18(17)26(3)20(25)15-16-23(28)22(24(16)29)19-11-12-21(30-19)27-13-7-4-8-14-27/h5-6,9-12,15,22,28H,4,7-8,13-14H2,1-3H3/p-1/b20-15-. The number of benzene rings is 1. The third kappa shape index (κ3) is 2.83. The van der Waals surface area contributed by atoms with Gasteiger partial charge in [-0.15, -0.1) is 17.1 Å². The predicted molar refractivity (Wildman–Crippen MR) is 121 cm³/mol. The lowest BCUT2D eigenvalue weighted by Gasteiger charge is -2.36. The summed E-state index contributed by atoms with van der Waals surface area (Å²) >= 11 is 1.61. The van der Waals surface area contributed by atoms with Crippen LogP contribution in [0.25, 0.3) is 0 Å². The number of allylic oxidation sites excluding steroid dienone is 4. The largest absolute Gasteiger partial charge is 0.874 e. The molecule has 3 heterocycles. The van der Waals surface area contributed by atoms with Gasteiger partial charge in [0, 0.05) is 47.4 Å². The van der Waals surface area contributed by atoms with Crippen LogP contribution in [0.5, 0.6) is 0 Å². The van der Waals surface area contributed by atoms with E-state index < -0.39 is 5.92 Å². The Morgan fingerprint density at radius 2 is 1.83 bits per heavy atom. The SMILES string of the molecule is CN1/C(=C\C2=C([O-])C(c3ccc(N4CCCCC4)s3)C2=O)C(C)(C)c2ccccc21. The average molecular weight is 420 g/mol. The van der Waals surface area contributed by atoms with Crippen molar-refractivity contribution in [2.24, 2.45) is 0 Å². The van der Waals surface area contributed by atoms with Crippen molar-refractivity contribution in [3.63, 3.8) is 0 Å². The van der Waals surface area contributed by atoms with Gasteiger partial charge in [0.05, 0.1) is 10.9 Å². The van der Waals surface area contributed by atoms with Crippen LogP contribution < -0.4 is 14.9 Å². The van der Waals surface area contributed by atoms with E-state index in [4.69, 9.17) is 0 Å². The molecule has 5 heteroatoms. The quantitative estimate of drug-likeness (QED) is 0.743. The number of anilines is 2. The van der Waals surface area contributed by atoms with Gasteiger partial charge in [0.2, 0.25) is 0 Å². The molecule has 5 rings (SSSR count). The maximum Gasteiger partial charge on any atom is 0.173 e. The molecule has 156 valence electrons. The minimum absolute atomic E-state index is 0.0419. The van der Waals surface area contributed by atoms with Crippen molar-refractivity contribution >= 4 is 27.8 Å². The summed E-state index contributed by atoms with van der Waals surface area (Å²) in [5.41, 5.74) is 3.46. The topological polar surface area (TPSA) is 46.6 Å². The van der Waals surface area contributed by atoms with Gasteiger partial charge < -0.3 is 14.9 Å². The van der Waals surface area contributed by atoms with Gasteiger partial charge in [-0.3, -0.25) is 4.79 Å². The molecule has 0 spiro atoms. The molecule has 1 aromatic heterocycles. The maximum atomic E-state index is 13.0. The Labute approximate surface area is 182 Å². The smallest absolute Gasteiger partial charge is 0.173 e. The molecule has 30 heavy (non-hydrogen) atoms. The molecule has 2 aromatic rings. The number of rotatable bonds is 3. The van der Waals surface area contributed by atoms with Crippen molar-refractivity contribution in [2.45, 2.75) is 44.4 Å². The summed E-state index contributed by atoms with van der Waals surface area (Å²) in [6.07, 6.45) is 5.55. The number of Topliss-reactive ketones (excluding diaryl/α,β-unsaturated/α-hetero) is 1. The van der Waals surface area contributed by atoms with Crippen LogP contribution in [0.4, 0.5) is 10.7 Å². The highest BCUT2D eigenvalue weighted by molar-refractivity contribution is 7.16. The van der Waals surface area contributed by atoms with Crippen molar-refractivity contribution in [1.82, 2.24) is 0 Å². The van der Waals surface area contributed by atoms with Crippen LogP contribution in [0.15, 0.2) is 59.5 Å². The fourth-order valence-corrected chi connectivity index (χ4v) is 6.21. The highest BCUT2D eigenvalue weighted by atomic mass is 32.1. The molecule has 0 bridgehead atoms. The van der Waals surface area contributed by atoms with E-state index in [0.717, 1.165) is 29.4 Å².